The van der Waals surface area contributed by atoms with E-state index in [4.69, 9.17) is 11.6 Å². The lowest BCUT2D eigenvalue weighted by atomic mass is 10.6. The van der Waals surface area contributed by atoms with Gasteiger partial charge in [-0.15, -0.1) is 11.3 Å². The highest BCUT2D eigenvalue weighted by molar-refractivity contribution is 7.91. The number of rotatable bonds is 8. The minimum absolute atomic E-state index is 0.238. The lowest BCUT2D eigenvalue weighted by molar-refractivity contribution is -0.384. The second kappa shape index (κ2) is 7.22. The first-order valence-corrected chi connectivity index (χ1v) is 7.71. The second-order valence-corrected chi connectivity index (χ2v) is 6.99. The number of thiophene rings is 1. The summed E-state index contributed by atoms with van der Waals surface area (Å²) in [5.41, 5.74) is -0.508. The van der Waals surface area contributed by atoms with E-state index < -0.39 is 33.7 Å². The van der Waals surface area contributed by atoms with Crippen molar-refractivity contribution >= 4 is 38.6 Å². The second-order valence-electron chi connectivity index (χ2n) is 3.35. The highest BCUT2D eigenvalue weighted by Crippen LogP contribution is 2.35. The van der Waals surface area contributed by atoms with Crippen molar-refractivity contribution in [2.75, 3.05) is 19.8 Å². The summed E-state index contributed by atoms with van der Waals surface area (Å²) in [5, 5.41) is 10.5. The van der Waals surface area contributed by atoms with Crippen molar-refractivity contribution in [1.82, 2.24) is 4.72 Å². The summed E-state index contributed by atoms with van der Waals surface area (Å²) in [5.74, 6) is 0. The molecule has 0 saturated carbocycles. The number of ether oxygens (including phenoxy) is 1. The molecule has 0 amide bonds. The van der Waals surface area contributed by atoms with E-state index in [9.17, 15) is 27.3 Å². The summed E-state index contributed by atoms with van der Waals surface area (Å²) in [4.78, 5) is 9.74. The molecule has 0 aliphatic carbocycles. The standard InChI is InChI=1S/C8H9ClF2N2O5S2/c9-8-5(13(14)15)3-7(19-8)20(16,17)12-1-2-18-4-6(10)11/h3,6,12H,1-2,4H2. The maximum Gasteiger partial charge on any atom is 0.300 e. The maximum absolute atomic E-state index is 11.7. The van der Waals surface area contributed by atoms with Crippen LogP contribution in [0.5, 0.6) is 0 Å². The van der Waals surface area contributed by atoms with Gasteiger partial charge < -0.3 is 4.74 Å². The van der Waals surface area contributed by atoms with Crippen LogP contribution in [-0.4, -0.2) is 39.5 Å². The Hall–Kier alpha value is -0.880. The number of hydrogen-bond donors (Lipinski definition) is 1. The number of nitrogens with zero attached hydrogens (tertiary/aromatic N) is 1. The average Bonchev–Trinajstić information content (AvgIpc) is 2.71. The fraction of sp³-hybridized carbons (Fsp3) is 0.500. The lowest BCUT2D eigenvalue weighted by Crippen LogP contribution is -2.27. The molecule has 0 unspecified atom stereocenters. The van der Waals surface area contributed by atoms with Gasteiger partial charge in [-0.2, -0.15) is 0 Å². The molecule has 1 N–H and O–H groups in total. The van der Waals surface area contributed by atoms with Gasteiger partial charge in [0.2, 0.25) is 10.0 Å². The smallest absolute Gasteiger partial charge is 0.300 e. The zero-order valence-corrected chi connectivity index (χ0v) is 12.1. The molecule has 0 atom stereocenters. The Labute approximate surface area is 121 Å². The van der Waals surface area contributed by atoms with Gasteiger partial charge in [0.15, 0.2) is 4.34 Å². The summed E-state index contributed by atoms with van der Waals surface area (Å²) in [7, 11) is -3.98. The van der Waals surface area contributed by atoms with E-state index in [2.05, 4.69) is 9.46 Å². The molecule has 1 heterocycles. The Morgan fingerprint density at radius 3 is 2.70 bits per heavy atom. The van der Waals surface area contributed by atoms with Gasteiger partial charge in [0.05, 0.1) is 11.5 Å². The SMILES string of the molecule is O=[N+]([O-])c1cc(S(=O)(=O)NCCOCC(F)F)sc1Cl. The normalized spacial score (nSPS) is 12.0. The molecule has 0 aliphatic rings. The van der Waals surface area contributed by atoms with Crippen molar-refractivity contribution in [3.63, 3.8) is 0 Å². The van der Waals surface area contributed by atoms with Gasteiger partial charge in [0.1, 0.15) is 10.8 Å². The van der Waals surface area contributed by atoms with Crippen LogP contribution in [0.2, 0.25) is 4.34 Å². The van der Waals surface area contributed by atoms with E-state index in [1.807, 2.05) is 0 Å². The highest BCUT2D eigenvalue weighted by Gasteiger charge is 2.24. The molecule has 0 saturated heterocycles. The van der Waals surface area contributed by atoms with Gasteiger partial charge >= 0.3 is 0 Å². The number of sulfonamides is 1. The van der Waals surface area contributed by atoms with Crippen LogP contribution in [0.25, 0.3) is 0 Å². The summed E-state index contributed by atoms with van der Waals surface area (Å²) in [6.07, 6.45) is -2.63. The number of hydrogen-bond acceptors (Lipinski definition) is 6. The minimum atomic E-state index is -3.98. The predicted octanol–water partition coefficient (Wildman–Crippen LogP) is 1.87. The molecule has 0 aromatic carbocycles. The van der Waals surface area contributed by atoms with E-state index in [0.717, 1.165) is 6.07 Å². The van der Waals surface area contributed by atoms with Gasteiger partial charge in [-0.25, -0.2) is 21.9 Å². The number of nitro groups is 1. The van der Waals surface area contributed by atoms with Gasteiger partial charge in [0.25, 0.3) is 12.1 Å². The van der Waals surface area contributed by atoms with Crippen LogP contribution in [0.1, 0.15) is 0 Å². The van der Waals surface area contributed by atoms with E-state index in [1.54, 1.807) is 0 Å². The van der Waals surface area contributed by atoms with Crippen LogP contribution in [-0.2, 0) is 14.8 Å². The molecule has 114 valence electrons. The van der Waals surface area contributed by atoms with Gasteiger partial charge in [-0.05, 0) is 0 Å². The third-order valence-corrected chi connectivity index (χ3v) is 5.16. The minimum Gasteiger partial charge on any atom is -0.374 e. The summed E-state index contributed by atoms with van der Waals surface area (Å²) < 4.78 is 52.9. The van der Waals surface area contributed by atoms with Gasteiger partial charge in [0, 0.05) is 12.6 Å². The van der Waals surface area contributed by atoms with Crippen molar-refractivity contribution in [2.45, 2.75) is 10.6 Å². The van der Waals surface area contributed by atoms with Crippen molar-refractivity contribution in [3.8, 4) is 0 Å². The topological polar surface area (TPSA) is 98.5 Å². The van der Waals surface area contributed by atoms with E-state index in [0.29, 0.717) is 11.3 Å². The van der Waals surface area contributed by atoms with Crippen LogP contribution >= 0.6 is 22.9 Å². The number of nitrogens with one attached hydrogen (secondary N) is 1. The zero-order valence-electron chi connectivity index (χ0n) is 9.71. The Morgan fingerprint density at radius 2 is 2.20 bits per heavy atom. The molecule has 1 rings (SSSR count). The predicted molar refractivity (Wildman–Crippen MR) is 68.0 cm³/mol. The Kier molecular flexibility index (Phi) is 6.20. The average molecular weight is 351 g/mol. The van der Waals surface area contributed by atoms with Crippen molar-refractivity contribution in [1.29, 1.82) is 0 Å². The molecule has 7 nitrogen and oxygen atoms in total. The third-order valence-electron chi connectivity index (χ3n) is 1.89. The van der Waals surface area contributed by atoms with Crippen molar-refractivity contribution in [2.24, 2.45) is 0 Å². The van der Waals surface area contributed by atoms with Crippen molar-refractivity contribution in [3.05, 3.63) is 20.5 Å². The highest BCUT2D eigenvalue weighted by atomic mass is 35.5. The molecule has 1 aromatic heterocycles. The molecule has 1 aromatic rings. The van der Waals surface area contributed by atoms with E-state index >= 15 is 0 Å². The van der Waals surface area contributed by atoms with Gasteiger partial charge in [-0.3, -0.25) is 10.1 Å². The van der Waals surface area contributed by atoms with Crippen LogP contribution in [0.3, 0.4) is 0 Å². The zero-order chi connectivity index (χ0) is 15.3. The monoisotopic (exact) mass is 350 g/mol. The first-order valence-electron chi connectivity index (χ1n) is 5.03. The molecule has 0 aliphatic heterocycles. The van der Waals surface area contributed by atoms with Gasteiger partial charge in [-0.1, -0.05) is 11.6 Å². The lowest BCUT2D eigenvalue weighted by Gasteiger charge is -2.05. The molecule has 0 fully saturated rings. The Balaban J connectivity index is 2.61. The Bertz CT molecular complexity index is 577. The van der Waals surface area contributed by atoms with Crippen LogP contribution in [0, 0.1) is 10.1 Å². The molecule has 0 bridgehead atoms. The van der Waals surface area contributed by atoms with E-state index in [-0.39, 0.29) is 21.7 Å². The third kappa shape index (κ3) is 4.90. The maximum atomic E-state index is 11.7. The van der Waals surface area contributed by atoms with Crippen LogP contribution in [0.15, 0.2) is 10.3 Å². The fourth-order valence-corrected chi connectivity index (χ4v) is 3.81. The molecular formula is C8H9ClF2N2O5S2. The molecule has 0 spiro atoms. The number of halogens is 3. The fourth-order valence-electron chi connectivity index (χ4n) is 1.09. The van der Waals surface area contributed by atoms with Crippen LogP contribution in [0.4, 0.5) is 14.5 Å². The quantitative estimate of drug-likeness (QED) is 0.438. The van der Waals surface area contributed by atoms with Crippen molar-refractivity contribution < 1.29 is 26.9 Å². The van der Waals surface area contributed by atoms with Crippen LogP contribution < -0.4 is 4.72 Å². The van der Waals surface area contributed by atoms with E-state index in [1.165, 1.54) is 0 Å². The first-order chi connectivity index (χ1) is 9.24. The molecule has 12 heteroatoms. The summed E-state index contributed by atoms with van der Waals surface area (Å²) in [6, 6.07) is 0.829. The molecule has 20 heavy (non-hydrogen) atoms. The Morgan fingerprint density at radius 1 is 1.55 bits per heavy atom. The largest absolute Gasteiger partial charge is 0.374 e. The summed E-state index contributed by atoms with van der Waals surface area (Å²) in [6.45, 7) is -1.28. The number of alkyl halides is 2. The first kappa shape index (κ1) is 17.2. The molecular weight excluding hydrogens is 342 g/mol. The summed E-state index contributed by atoms with van der Waals surface area (Å²) >= 11 is 6.07. The molecule has 0 radical (unpaired) electrons.